The molecule has 1 N–H and O–H groups in total. The van der Waals surface area contributed by atoms with Gasteiger partial charge in [0.1, 0.15) is 0 Å². The Morgan fingerprint density at radius 1 is 1.47 bits per heavy atom. The Kier molecular flexibility index (Phi) is 4.41. The van der Waals surface area contributed by atoms with E-state index in [1.165, 1.54) is 6.42 Å². The van der Waals surface area contributed by atoms with Gasteiger partial charge >= 0.3 is 0 Å². The Morgan fingerprint density at radius 3 is 3.00 bits per heavy atom. The summed E-state index contributed by atoms with van der Waals surface area (Å²) in [5.41, 5.74) is 1.11. The van der Waals surface area contributed by atoms with Crippen LogP contribution in [0.5, 0.6) is 0 Å². The van der Waals surface area contributed by atoms with E-state index in [1.54, 1.807) is 12.4 Å². The van der Waals surface area contributed by atoms with Gasteiger partial charge in [0.05, 0.1) is 11.1 Å². The molecule has 0 aromatic carbocycles. The molecule has 3 heteroatoms. The normalized spacial score (nSPS) is 29.2. The number of aliphatic hydroxyl groups is 1. The second-order valence-electron chi connectivity index (χ2n) is 5.09. The molecule has 1 saturated carbocycles. The summed E-state index contributed by atoms with van der Waals surface area (Å²) in [7, 11) is 0. The van der Waals surface area contributed by atoms with Crippen molar-refractivity contribution in [2.24, 2.45) is 11.8 Å². The highest BCUT2D eigenvalue weighted by Crippen LogP contribution is 2.34. The molecule has 0 amide bonds. The summed E-state index contributed by atoms with van der Waals surface area (Å²) in [4.78, 5) is 3.99. The summed E-state index contributed by atoms with van der Waals surface area (Å²) in [6, 6.07) is 1.96. The number of hydrogen-bond acceptors (Lipinski definition) is 2. The van der Waals surface area contributed by atoms with E-state index in [4.69, 9.17) is 11.6 Å². The molecule has 0 bridgehead atoms. The Bertz CT molecular complexity index is 369. The van der Waals surface area contributed by atoms with E-state index in [-0.39, 0.29) is 6.10 Å². The van der Waals surface area contributed by atoms with Gasteiger partial charge in [0.25, 0.3) is 0 Å². The van der Waals surface area contributed by atoms with E-state index >= 15 is 0 Å². The smallest absolute Gasteiger partial charge is 0.0621 e. The first kappa shape index (κ1) is 12.8. The molecule has 1 aromatic heterocycles. The third-order valence-electron chi connectivity index (χ3n) is 3.97. The standard InChI is InChI=1S/C14H20ClNO/c1-2-10-3-4-14(17)12(7-10)8-11-5-6-16-9-13(11)15/h5-6,9-10,12,14,17H,2-4,7-8H2,1H3. The molecule has 1 aliphatic rings. The van der Waals surface area contributed by atoms with E-state index in [2.05, 4.69) is 11.9 Å². The van der Waals surface area contributed by atoms with Crippen molar-refractivity contribution in [1.82, 2.24) is 4.98 Å². The van der Waals surface area contributed by atoms with Crippen molar-refractivity contribution in [2.75, 3.05) is 0 Å². The van der Waals surface area contributed by atoms with Crippen molar-refractivity contribution in [3.8, 4) is 0 Å². The monoisotopic (exact) mass is 253 g/mol. The van der Waals surface area contributed by atoms with Gasteiger partial charge in [-0.15, -0.1) is 0 Å². The minimum absolute atomic E-state index is 0.165. The van der Waals surface area contributed by atoms with Crippen molar-refractivity contribution in [3.05, 3.63) is 29.0 Å². The average Bonchev–Trinajstić information content (AvgIpc) is 2.35. The molecule has 1 heterocycles. The second kappa shape index (κ2) is 5.83. The summed E-state index contributed by atoms with van der Waals surface area (Å²) >= 11 is 6.12. The zero-order valence-corrected chi connectivity index (χ0v) is 11.0. The highest BCUT2D eigenvalue weighted by molar-refractivity contribution is 6.31. The number of nitrogens with zero attached hydrogens (tertiary/aromatic N) is 1. The van der Waals surface area contributed by atoms with Crippen LogP contribution in [0.2, 0.25) is 5.02 Å². The summed E-state index contributed by atoms with van der Waals surface area (Å²) in [5.74, 6) is 1.12. The Labute approximate surface area is 108 Å². The maximum atomic E-state index is 10.1. The SMILES string of the molecule is CCC1CCC(O)C(Cc2ccncc2Cl)C1. The third-order valence-corrected chi connectivity index (χ3v) is 4.31. The van der Waals surface area contributed by atoms with Crippen LogP contribution in [0.4, 0.5) is 0 Å². The number of pyridine rings is 1. The van der Waals surface area contributed by atoms with Gasteiger partial charge in [-0.05, 0) is 49.1 Å². The maximum Gasteiger partial charge on any atom is 0.0621 e. The van der Waals surface area contributed by atoms with Gasteiger partial charge in [0, 0.05) is 12.4 Å². The van der Waals surface area contributed by atoms with Gasteiger partial charge < -0.3 is 5.11 Å². The first-order valence-electron chi connectivity index (χ1n) is 6.47. The van der Waals surface area contributed by atoms with Crippen LogP contribution in [-0.4, -0.2) is 16.2 Å². The van der Waals surface area contributed by atoms with Crippen molar-refractivity contribution in [3.63, 3.8) is 0 Å². The Morgan fingerprint density at radius 2 is 2.29 bits per heavy atom. The van der Waals surface area contributed by atoms with Crippen LogP contribution < -0.4 is 0 Å². The molecule has 0 saturated heterocycles. The van der Waals surface area contributed by atoms with Crippen molar-refractivity contribution >= 4 is 11.6 Å². The van der Waals surface area contributed by atoms with Gasteiger partial charge in [-0.3, -0.25) is 4.98 Å². The molecule has 0 spiro atoms. The van der Waals surface area contributed by atoms with Crippen LogP contribution in [0, 0.1) is 11.8 Å². The van der Waals surface area contributed by atoms with Crippen LogP contribution in [0.3, 0.4) is 0 Å². The summed E-state index contributed by atoms with van der Waals surface area (Å²) < 4.78 is 0. The quantitative estimate of drug-likeness (QED) is 0.895. The zero-order valence-electron chi connectivity index (χ0n) is 10.3. The van der Waals surface area contributed by atoms with Gasteiger partial charge in [-0.2, -0.15) is 0 Å². The minimum Gasteiger partial charge on any atom is -0.393 e. The summed E-state index contributed by atoms with van der Waals surface area (Å²) in [6.07, 6.45) is 8.60. The molecule has 2 nitrogen and oxygen atoms in total. The number of hydrogen-bond donors (Lipinski definition) is 1. The third kappa shape index (κ3) is 3.20. The maximum absolute atomic E-state index is 10.1. The fourth-order valence-corrected chi connectivity index (χ4v) is 2.98. The highest BCUT2D eigenvalue weighted by atomic mass is 35.5. The zero-order chi connectivity index (χ0) is 12.3. The van der Waals surface area contributed by atoms with Gasteiger partial charge in [0.2, 0.25) is 0 Å². The molecule has 17 heavy (non-hydrogen) atoms. The summed E-state index contributed by atoms with van der Waals surface area (Å²) in [6.45, 7) is 2.23. The first-order chi connectivity index (χ1) is 8.20. The average molecular weight is 254 g/mol. The Balaban J connectivity index is 2.04. The number of aromatic nitrogens is 1. The van der Waals surface area contributed by atoms with E-state index in [0.717, 1.165) is 42.2 Å². The lowest BCUT2D eigenvalue weighted by atomic mass is 9.76. The molecule has 0 aliphatic heterocycles. The lowest BCUT2D eigenvalue weighted by Crippen LogP contribution is -2.30. The lowest BCUT2D eigenvalue weighted by Gasteiger charge is -2.33. The fourth-order valence-electron chi connectivity index (χ4n) is 2.79. The molecule has 1 fully saturated rings. The topological polar surface area (TPSA) is 33.1 Å². The molecule has 2 rings (SSSR count). The fraction of sp³-hybridized carbons (Fsp3) is 0.643. The van der Waals surface area contributed by atoms with Crippen molar-refractivity contribution < 1.29 is 5.11 Å². The van der Waals surface area contributed by atoms with Crippen LogP contribution in [-0.2, 0) is 6.42 Å². The molecule has 3 atom stereocenters. The highest BCUT2D eigenvalue weighted by Gasteiger charge is 2.28. The molecular formula is C14H20ClNO. The second-order valence-corrected chi connectivity index (χ2v) is 5.49. The van der Waals surface area contributed by atoms with Gasteiger partial charge in [-0.1, -0.05) is 24.9 Å². The molecule has 94 valence electrons. The Hall–Kier alpha value is -0.600. The van der Waals surface area contributed by atoms with E-state index < -0.39 is 0 Å². The summed E-state index contributed by atoms with van der Waals surface area (Å²) in [5, 5.41) is 10.8. The number of aliphatic hydroxyl groups excluding tert-OH is 1. The molecule has 0 radical (unpaired) electrons. The van der Waals surface area contributed by atoms with E-state index in [1.807, 2.05) is 6.07 Å². The predicted octanol–water partition coefficient (Wildman–Crippen LogP) is 3.46. The minimum atomic E-state index is -0.165. The van der Waals surface area contributed by atoms with E-state index in [9.17, 15) is 5.11 Å². The lowest BCUT2D eigenvalue weighted by molar-refractivity contribution is 0.0475. The molecule has 3 unspecified atom stereocenters. The first-order valence-corrected chi connectivity index (χ1v) is 6.85. The van der Waals surface area contributed by atoms with E-state index in [0.29, 0.717) is 5.92 Å². The van der Waals surface area contributed by atoms with Crippen molar-refractivity contribution in [2.45, 2.75) is 45.1 Å². The molecular weight excluding hydrogens is 234 g/mol. The largest absolute Gasteiger partial charge is 0.393 e. The number of rotatable bonds is 3. The number of halogens is 1. The molecule has 1 aromatic rings. The molecule has 1 aliphatic carbocycles. The van der Waals surface area contributed by atoms with Crippen LogP contribution >= 0.6 is 11.6 Å². The van der Waals surface area contributed by atoms with Crippen molar-refractivity contribution in [1.29, 1.82) is 0 Å². The van der Waals surface area contributed by atoms with Crippen LogP contribution in [0.25, 0.3) is 0 Å². The van der Waals surface area contributed by atoms with Gasteiger partial charge in [-0.25, -0.2) is 0 Å². The predicted molar refractivity (Wildman–Crippen MR) is 70.1 cm³/mol. The van der Waals surface area contributed by atoms with Crippen LogP contribution in [0.1, 0.15) is 38.2 Å². The van der Waals surface area contributed by atoms with Gasteiger partial charge in [0.15, 0.2) is 0 Å². The van der Waals surface area contributed by atoms with Crippen LogP contribution in [0.15, 0.2) is 18.5 Å².